The van der Waals surface area contributed by atoms with Gasteiger partial charge in [-0.05, 0) is 36.4 Å². The van der Waals surface area contributed by atoms with Crippen molar-refractivity contribution in [3.63, 3.8) is 0 Å². The highest BCUT2D eigenvalue weighted by Gasteiger charge is 2.29. The smallest absolute Gasteiger partial charge is 0.197 e. The Balaban J connectivity index is 1.97. The van der Waals surface area contributed by atoms with Gasteiger partial charge in [0.15, 0.2) is 5.78 Å². The van der Waals surface area contributed by atoms with Crippen LogP contribution in [0.2, 0.25) is 5.02 Å². The van der Waals surface area contributed by atoms with E-state index in [1.54, 1.807) is 16.8 Å². The van der Waals surface area contributed by atoms with Crippen molar-refractivity contribution in [3.05, 3.63) is 64.8 Å². The van der Waals surface area contributed by atoms with Crippen molar-refractivity contribution in [1.82, 2.24) is 9.78 Å². The maximum atomic E-state index is 12.4. The van der Waals surface area contributed by atoms with Crippen molar-refractivity contribution in [2.24, 2.45) is 0 Å². The molecule has 0 fully saturated rings. The zero-order valence-electron chi connectivity index (χ0n) is 13.1. The SMILES string of the molecule is N#CCC(=O)c1nn(-c2ccc(Cl)cc2)c2c1COc1ccccc1-2. The predicted octanol–water partition coefficient (Wildman–Crippen LogP) is 4.18. The van der Waals surface area contributed by atoms with Crippen molar-refractivity contribution in [1.29, 1.82) is 5.26 Å². The molecule has 0 aliphatic carbocycles. The first kappa shape index (κ1) is 15.4. The summed E-state index contributed by atoms with van der Waals surface area (Å²) >= 11 is 5.98. The van der Waals surface area contributed by atoms with Crippen molar-refractivity contribution in [3.8, 4) is 28.8 Å². The van der Waals surface area contributed by atoms with Gasteiger partial charge in [-0.3, -0.25) is 4.79 Å². The molecule has 0 saturated heterocycles. The molecule has 0 saturated carbocycles. The number of aromatic nitrogens is 2. The molecule has 1 aromatic heterocycles. The minimum atomic E-state index is -0.311. The molecular weight excluding hydrogens is 338 g/mol. The first-order valence-electron chi connectivity index (χ1n) is 7.69. The number of ether oxygens (including phenoxy) is 1. The van der Waals surface area contributed by atoms with E-state index in [2.05, 4.69) is 5.10 Å². The van der Waals surface area contributed by atoms with E-state index in [-0.39, 0.29) is 24.5 Å². The number of para-hydroxylation sites is 1. The number of rotatable bonds is 3. The molecule has 1 aliphatic heterocycles. The van der Waals surface area contributed by atoms with E-state index in [1.807, 2.05) is 42.5 Å². The fourth-order valence-electron chi connectivity index (χ4n) is 2.95. The zero-order chi connectivity index (χ0) is 17.4. The zero-order valence-corrected chi connectivity index (χ0v) is 13.8. The van der Waals surface area contributed by atoms with Crippen molar-refractivity contribution >= 4 is 17.4 Å². The molecule has 0 N–H and O–H groups in total. The van der Waals surface area contributed by atoms with E-state index in [0.717, 1.165) is 22.7 Å². The molecule has 2 heterocycles. The number of Topliss-reactive ketones (excluding diaryl/α,β-unsaturated/α-hetero) is 1. The number of hydrogen-bond acceptors (Lipinski definition) is 4. The molecule has 0 amide bonds. The maximum Gasteiger partial charge on any atom is 0.197 e. The van der Waals surface area contributed by atoms with Gasteiger partial charge in [-0.15, -0.1) is 0 Å². The number of benzene rings is 2. The van der Waals surface area contributed by atoms with Gasteiger partial charge in [0.2, 0.25) is 0 Å². The second-order valence-electron chi connectivity index (χ2n) is 5.61. The fraction of sp³-hybridized carbons (Fsp3) is 0.105. The van der Waals surface area contributed by atoms with Gasteiger partial charge in [0.05, 0.1) is 17.5 Å². The molecule has 0 bridgehead atoms. The summed E-state index contributed by atoms with van der Waals surface area (Å²) in [6.45, 7) is 0.242. The Morgan fingerprint density at radius 2 is 2.00 bits per heavy atom. The van der Waals surface area contributed by atoms with Crippen LogP contribution in [0.4, 0.5) is 0 Å². The van der Waals surface area contributed by atoms with Crippen LogP contribution in [0.15, 0.2) is 48.5 Å². The lowest BCUT2D eigenvalue weighted by Gasteiger charge is -2.19. The molecule has 1 aliphatic rings. The molecule has 3 aromatic rings. The van der Waals surface area contributed by atoms with Crippen LogP contribution in [0.25, 0.3) is 16.9 Å². The highest BCUT2D eigenvalue weighted by atomic mass is 35.5. The summed E-state index contributed by atoms with van der Waals surface area (Å²) in [5.41, 5.74) is 3.44. The molecule has 5 nitrogen and oxygen atoms in total. The Hall–Kier alpha value is -3.10. The van der Waals surface area contributed by atoms with Crippen LogP contribution >= 0.6 is 11.6 Å². The third-order valence-corrected chi connectivity index (χ3v) is 4.32. The number of carbonyl (C=O) groups excluding carboxylic acids is 1. The van der Waals surface area contributed by atoms with Crippen LogP contribution in [0.1, 0.15) is 22.5 Å². The van der Waals surface area contributed by atoms with Gasteiger partial charge < -0.3 is 4.74 Å². The molecule has 0 atom stereocenters. The van der Waals surface area contributed by atoms with Crippen LogP contribution in [0.5, 0.6) is 5.75 Å². The summed E-state index contributed by atoms with van der Waals surface area (Å²) in [6, 6.07) is 16.7. The van der Waals surface area contributed by atoms with Crippen LogP contribution in [-0.4, -0.2) is 15.6 Å². The molecule has 4 rings (SSSR count). The normalized spacial score (nSPS) is 11.8. The van der Waals surface area contributed by atoms with Gasteiger partial charge in [0.1, 0.15) is 24.5 Å². The van der Waals surface area contributed by atoms with Crippen molar-refractivity contribution in [2.75, 3.05) is 0 Å². The van der Waals surface area contributed by atoms with E-state index in [1.165, 1.54) is 0 Å². The van der Waals surface area contributed by atoms with Gasteiger partial charge >= 0.3 is 0 Å². The largest absolute Gasteiger partial charge is 0.488 e. The number of fused-ring (bicyclic) bond motifs is 3. The molecule has 0 radical (unpaired) electrons. The Morgan fingerprint density at radius 1 is 1.24 bits per heavy atom. The summed E-state index contributed by atoms with van der Waals surface area (Å²) in [7, 11) is 0. The Labute approximate surface area is 149 Å². The molecule has 0 spiro atoms. The van der Waals surface area contributed by atoms with E-state index < -0.39 is 0 Å². The summed E-state index contributed by atoms with van der Waals surface area (Å²) in [4.78, 5) is 12.4. The minimum Gasteiger partial charge on any atom is -0.488 e. The predicted molar refractivity (Wildman–Crippen MR) is 92.9 cm³/mol. The number of carbonyl (C=O) groups is 1. The van der Waals surface area contributed by atoms with Gasteiger partial charge in [-0.2, -0.15) is 10.4 Å². The number of hydrogen-bond donors (Lipinski definition) is 0. The third-order valence-electron chi connectivity index (χ3n) is 4.07. The van der Waals surface area contributed by atoms with Gasteiger partial charge in [-0.1, -0.05) is 23.7 Å². The van der Waals surface area contributed by atoms with E-state index in [0.29, 0.717) is 10.6 Å². The summed E-state index contributed by atoms with van der Waals surface area (Å²) in [5.74, 6) is 0.429. The number of nitrogens with zero attached hydrogens (tertiary/aromatic N) is 3. The number of ketones is 1. The second kappa shape index (κ2) is 6.08. The summed E-state index contributed by atoms with van der Waals surface area (Å²) in [6.07, 6.45) is -0.217. The van der Waals surface area contributed by atoms with Crippen molar-refractivity contribution in [2.45, 2.75) is 13.0 Å². The topological polar surface area (TPSA) is 67.9 Å². The molecule has 0 unspecified atom stereocenters. The monoisotopic (exact) mass is 349 g/mol. The number of nitriles is 1. The Bertz CT molecular complexity index is 1020. The molecule has 122 valence electrons. The lowest BCUT2D eigenvalue weighted by Crippen LogP contribution is -2.09. The fourth-order valence-corrected chi connectivity index (χ4v) is 3.08. The first-order chi connectivity index (χ1) is 12.2. The first-order valence-corrected chi connectivity index (χ1v) is 8.07. The minimum absolute atomic E-state index is 0.217. The lowest BCUT2D eigenvalue weighted by atomic mass is 10.0. The van der Waals surface area contributed by atoms with Gasteiger partial charge in [0.25, 0.3) is 0 Å². The van der Waals surface area contributed by atoms with Crippen LogP contribution in [0, 0.1) is 11.3 Å². The van der Waals surface area contributed by atoms with Gasteiger partial charge in [-0.25, -0.2) is 4.68 Å². The Morgan fingerprint density at radius 3 is 2.76 bits per heavy atom. The number of halogens is 1. The summed E-state index contributed by atoms with van der Waals surface area (Å²) < 4.78 is 7.50. The highest BCUT2D eigenvalue weighted by molar-refractivity contribution is 6.30. The second-order valence-corrected chi connectivity index (χ2v) is 6.04. The van der Waals surface area contributed by atoms with Crippen LogP contribution < -0.4 is 4.74 Å². The quantitative estimate of drug-likeness (QED) is 0.665. The average molecular weight is 350 g/mol. The van der Waals surface area contributed by atoms with E-state index >= 15 is 0 Å². The van der Waals surface area contributed by atoms with Crippen molar-refractivity contribution < 1.29 is 9.53 Å². The molecule has 6 heteroatoms. The molecular formula is C19H12ClN3O2. The van der Waals surface area contributed by atoms with Gasteiger partial charge in [0, 0.05) is 16.1 Å². The molecule has 25 heavy (non-hydrogen) atoms. The average Bonchev–Trinajstić information content (AvgIpc) is 3.03. The van der Waals surface area contributed by atoms with E-state index in [4.69, 9.17) is 21.6 Å². The third kappa shape index (κ3) is 2.57. The molecule has 2 aromatic carbocycles. The Kier molecular flexibility index (Phi) is 3.75. The van der Waals surface area contributed by atoms with Crippen LogP contribution in [0.3, 0.4) is 0 Å². The van der Waals surface area contributed by atoms with E-state index in [9.17, 15) is 4.79 Å². The highest BCUT2D eigenvalue weighted by Crippen LogP contribution is 2.40. The standard InChI is InChI=1S/C19H12ClN3O2/c20-12-5-7-13(8-6-12)23-19-14-3-1-2-4-17(14)25-11-15(19)18(22-23)16(24)9-10-21/h1-8H,9,11H2. The van der Waals surface area contributed by atoms with Crippen LogP contribution in [-0.2, 0) is 6.61 Å². The lowest BCUT2D eigenvalue weighted by molar-refractivity contribution is 0.0990. The maximum absolute atomic E-state index is 12.4. The summed E-state index contributed by atoms with van der Waals surface area (Å²) in [5, 5.41) is 14.0.